The number of hydrogen-bond acceptors (Lipinski definition) is 2. The highest BCUT2D eigenvalue weighted by molar-refractivity contribution is 4.91. The third-order valence-corrected chi connectivity index (χ3v) is 3.96. The summed E-state index contributed by atoms with van der Waals surface area (Å²) < 4.78 is 0. The molecule has 4 unspecified atom stereocenters. The molecule has 2 fully saturated rings. The first-order chi connectivity index (χ1) is 6.77. The lowest BCUT2D eigenvalue weighted by molar-refractivity contribution is 0.191. The monoisotopic (exact) mass is 196 g/mol. The predicted octanol–water partition coefficient (Wildman–Crippen LogP) is 1.76. The Morgan fingerprint density at radius 1 is 1.00 bits per heavy atom. The molecule has 0 bridgehead atoms. The molecule has 2 aliphatic heterocycles. The fourth-order valence-electron chi connectivity index (χ4n) is 3.04. The van der Waals surface area contributed by atoms with Crippen molar-refractivity contribution in [3.8, 4) is 0 Å². The van der Waals surface area contributed by atoms with E-state index in [1.54, 1.807) is 0 Å². The molecule has 0 aliphatic carbocycles. The molecule has 0 aromatic carbocycles. The van der Waals surface area contributed by atoms with Gasteiger partial charge in [0.1, 0.15) is 0 Å². The van der Waals surface area contributed by atoms with Gasteiger partial charge in [-0.25, -0.2) is 0 Å². The summed E-state index contributed by atoms with van der Waals surface area (Å²) in [5.41, 5.74) is 0. The highest BCUT2D eigenvalue weighted by Crippen LogP contribution is 2.24. The van der Waals surface area contributed by atoms with Crippen LogP contribution >= 0.6 is 0 Å². The van der Waals surface area contributed by atoms with Crippen LogP contribution < -0.4 is 10.6 Å². The van der Waals surface area contributed by atoms with E-state index in [2.05, 4.69) is 24.5 Å². The minimum absolute atomic E-state index is 0.728. The average Bonchev–Trinajstić information content (AvgIpc) is 2.18. The SMILES string of the molecule is CC1CCNC(C2NCCCC2C)C1. The van der Waals surface area contributed by atoms with E-state index < -0.39 is 0 Å². The van der Waals surface area contributed by atoms with Crippen molar-refractivity contribution in [3.05, 3.63) is 0 Å². The van der Waals surface area contributed by atoms with Gasteiger partial charge < -0.3 is 10.6 Å². The first kappa shape index (κ1) is 10.4. The summed E-state index contributed by atoms with van der Waals surface area (Å²) in [6.45, 7) is 7.23. The van der Waals surface area contributed by atoms with Crippen LogP contribution in [0.15, 0.2) is 0 Å². The van der Waals surface area contributed by atoms with E-state index in [9.17, 15) is 0 Å². The molecule has 2 saturated heterocycles. The number of nitrogens with one attached hydrogen (secondary N) is 2. The largest absolute Gasteiger partial charge is 0.312 e. The Bertz CT molecular complexity index is 181. The Hall–Kier alpha value is -0.0800. The first-order valence-corrected chi connectivity index (χ1v) is 6.24. The molecule has 4 atom stereocenters. The molecule has 0 amide bonds. The molecule has 2 heterocycles. The van der Waals surface area contributed by atoms with Crippen LogP contribution in [-0.2, 0) is 0 Å². The van der Waals surface area contributed by atoms with Crippen molar-refractivity contribution in [3.63, 3.8) is 0 Å². The van der Waals surface area contributed by atoms with Gasteiger partial charge in [-0.05, 0) is 50.6 Å². The zero-order valence-corrected chi connectivity index (χ0v) is 9.55. The summed E-state index contributed by atoms with van der Waals surface area (Å²) in [6.07, 6.45) is 5.49. The molecular formula is C12H24N2. The van der Waals surface area contributed by atoms with Crippen LogP contribution in [0.25, 0.3) is 0 Å². The van der Waals surface area contributed by atoms with Crippen LogP contribution in [0.4, 0.5) is 0 Å². The second-order valence-electron chi connectivity index (χ2n) is 5.29. The highest BCUT2D eigenvalue weighted by Gasteiger charge is 2.31. The van der Waals surface area contributed by atoms with Crippen molar-refractivity contribution < 1.29 is 0 Å². The van der Waals surface area contributed by atoms with E-state index in [0.717, 1.165) is 23.9 Å². The van der Waals surface area contributed by atoms with Crippen LogP contribution in [0.5, 0.6) is 0 Å². The summed E-state index contributed by atoms with van der Waals surface area (Å²) >= 11 is 0. The number of piperidine rings is 2. The maximum absolute atomic E-state index is 3.70. The second-order valence-corrected chi connectivity index (χ2v) is 5.29. The van der Waals surface area contributed by atoms with E-state index in [-0.39, 0.29) is 0 Å². The van der Waals surface area contributed by atoms with Crippen molar-refractivity contribution in [2.24, 2.45) is 11.8 Å². The van der Waals surface area contributed by atoms with Gasteiger partial charge in [-0.15, -0.1) is 0 Å². The van der Waals surface area contributed by atoms with Gasteiger partial charge in [0, 0.05) is 12.1 Å². The van der Waals surface area contributed by atoms with Crippen LogP contribution in [0.2, 0.25) is 0 Å². The zero-order chi connectivity index (χ0) is 9.97. The summed E-state index contributed by atoms with van der Waals surface area (Å²) in [4.78, 5) is 0. The van der Waals surface area contributed by atoms with Crippen LogP contribution in [-0.4, -0.2) is 25.2 Å². The van der Waals surface area contributed by atoms with Crippen molar-refractivity contribution >= 4 is 0 Å². The van der Waals surface area contributed by atoms with Gasteiger partial charge in [-0.2, -0.15) is 0 Å². The second kappa shape index (κ2) is 4.63. The van der Waals surface area contributed by atoms with Gasteiger partial charge in [0.25, 0.3) is 0 Å². The van der Waals surface area contributed by atoms with Crippen LogP contribution in [0.3, 0.4) is 0 Å². The normalized spacial score (nSPS) is 45.0. The minimum atomic E-state index is 0.728. The molecule has 2 rings (SSSR count). The quantitative estimate of drug-likeness (QED) is 0.668. The average molecular weight is 196 g/mol. The molecule has 2 aliphatic rings. The van der Waals surface area contributed by atoms with Gasteiger partial charge >= 0.3 is 0 Å². The van der Waals surface area contributed by atoms with Crippen LogP contribution in [0.1, 0.15) is 39.5 Å². The van der Waals surface area contributed by atoms with Gasteiger partial charge in [-0.3, -0.25) is 0 Å². The maximum Gasteiger partial charge on any atom is 0.0246 e. The van der Waals surface area contributed by atoms with Gasteiger partial charge in [0.05, 0.1) is 0 Å². The lowest BCUT2D eigenvalue weighted by Crippen LogP contribution is -2.56. The summed E-state index contributed by atoms with van der Waals surface area (Å²) in [5.74, 6) is 1.77. The zero-order valence-electron chi connectivity index (χ0n) is 9.55. The van der Waals surface area contributed by atoms with Crippen LogP contribution in [0, 0.1) is 11.8 Å². The predicted molar refractivity (Wildman–Crippen MR) is 60.4 cm³/mol. The van der Waals surface area contributed by atoms with E-state index in [1.807, 2.05) is 0 Å². The van der Waals surface area contributed by atoms with E-state index in [4.69, 9.17) is 0 Å². The lowest BCUT2D eigenvalue weighted by Gasteiger charge is -2.40. The minimum Gasteiger partial charge on any atom is -0.312 e. The third-order valence-electron chi connectivity index (χ3n) is 3.96. The Kier molecular flexibility index (Phi) is 3.45. The summed E-state index contributed by atoms with van der Waals surface area (Å²) in [6, 6.07) is 1.46. The third kappa shape index (κ3) is 2.29. The highest BCUT2D eigenvalue weighted by atomic mass is 15.0. The van der Waals surface area contributed by atoms with Gasteiger partial charge in [-0.1, -0.05) is 13.8 Å². The summed E-state index contributed by atoms with van der Waals surface area (Å²) in [7, 11) is 0. The molecule has 2 N–H and O–H groups in total. The number of rotatable bonds is 1. The molecule has 0 spiro atoms. The lowest BCUT2D eigenvalue weighted by atomic mass is 9.82. The molecule has 2 heteroatoms. The van der Waals surface area contributed by atoms with Crippen molar-refractivity contribution in [1.29, 1.82) is 0 Å². The van der Waals surface area contributed by atoms with Crippen molar-refractivity contribution in [2.45, 2.75) is 51.6 Å². The topological polar surface area (TPSA) is 24.1 Å². The van der Waals surface area contributed by atoms with E-state index in [0.29, 0.717) is 0 Å². The molecule has 0 aromatic heterocycles. The smallest absolute Gasteiger partial charge is 0.0246 e. The molecule has 14 heavy (non-hydrogen) atoms. The fourth-order valence-corrected chi connectivity index (χ4v) is 3.04. The van der Waals surface area contributed by atoms with Crippen molar-refractivity contribution in [2.75, 3.05) is 13.1 Å². The van der Waals surface area contributed by atoms with Crippen molar-refractivity contribution in [1.82, 2.24) is 10.6 Å². The fraction of sp³-hybridized carbons (Fsp3) is 1.00. The molecule has 0 radical (unpaired) electrons. The molecule has 82 valence electrons. The Morgan fingerprint density at radius 2 is 1.86 bits per heavy atom. The van der Waals surface area contributed by atoms with E-state index in [1.165, 1.54) is 38.8 Å². The van der Waals surface area contributed by atoms with Gasteiger partial charge in [0.2, 0.25) is 0 Å². The standard InChI is InChI=1S/C12H24N2/c1-9-5-7-13-11(8-9)12-10(2)4-3-6-14-12/h9-14H,3-8H2,1-2H3. The Labute approximate surface area is 87.8 Å². The molecule has 2 nitrogen and oxygen atoms in total. The Balaban J connectivity index is 1.91. The van der Waals surface area contributed by atoms with E-state index >= 15 is 0 Å². The molecular weight excluding hydrogens is 172 g/mol. The Morgan fingerprint density at radius 3 is 2.57 bits per heavy atom. The number of hydrogen-bond donors (Lipinski definition) is 2. The molecule has 0 saturated carbocycles. The maximum atomic E-state index is 3.70. The summed E-state index contributed by atoms with van der Waals surface area (Å²) in [5, 5.41) is 7.38. The van der Waals surface area contributed by atoms with Gasteiger partial charge in [0.15, 0.2) is 0 Å². The first-order valence-electron chi connectivity index (χ1n) is 6.24. The molecule has 0 aromatic rings.